The fraction of sp³-hybridized carbons (Fsp3) is 0.875. The lowest BCUT2D eigenvalue weighted by atomic mass is 9.99. The molecule has 0 aromatic carbocycles. The van der Waals surface area contributed by atoms with Crippen molar-refractivity contribution in [2.45, 2.75) is 65.2 Å². The van der Waals surface area contributed by atoms with Crippen molar-refractivity contribution in [3.05, 3.63) is 0 Å². The lowest BCUT2D eigenvalue weighted by Gasteiger charge is -2.21. The van der Waals surface area contributed by atoms with E-state index in [1.54, 1.807) is 4.90 Å². The molecule has 0 saturated carbocycles. The van der Waals surface area contributed by atoms with Gasteiger partial charge in [0.05, 0.1) is 6.54 Å². The quantitative estimate of drug-likeness (QED) is 0.744. The maximum atomic E-state index is 12.0. The fourth-order valence-electron chi connectivity index (χ4n) is 2.64. The van der Waals surface area contributed by atoms with Gasteiger partial charge in [-0.25, -0.2) is 0 Å². The summed E-state index contributed by atoms with van der Waals surface area (Å²) in [5.74, 6) is 0.699. The highest BCUT2D eigenvalue weighted by Crippen LogP contribution is 2.12. The van der Waals surface area contributed by atoms with Crippen molar-refractivity contribution in [2.24, 2.45) is 5.92 Å². The van der Waals surface area contributed by atoms with Gasteiger partial charge in [0.25, 0.3) is 0 Å². The predicted octanol–water partition coefficient (Wildman–Crippen LogP) is 2.72. The van der Waals surface area contributed by atoms with Gasteiger partial charge in [-0.05, 0) is 25.2 Å². The normalized spacial score (nSPS) is 17.7. The number of amides is 2. The average Bonchev–Trinajstić information content (AvgIpc) is 2.64. The Balaban J connectivity index is 2.29. The minimum Gasteiger partial charge on any atom is -0.354 e. The highest BCUT2D eigenvalue weighted by molar-refractivity contribution is 5.84. The van der Waals surface area contributed by atoms with Gasteiger partial charge in [-0.1, -0.05) is 39.5 Å². The lowest BCUT2D eigenvalue weighted by Crippen LogP contribution is -2.41. The number of nitrogens with zero attached hydrogens (tertiary/aromatic N) is 1. The van der Waals surface area contributed by atoms with Crippen LogP contribution < -0.4 is 5.32 Å². The molecule has 0 aromatic heterocycles. The van der Waals surface area contributed by atoms with Gasteiger partial charge in [0.15, 0.2) is 0 Å². The molecule has 20 heavy (non-hydrogen) atoms. The fourth-order valence-corrected chi connectivity index (χ4v) is 2.64. The summed E-state index contributed by atoms with van der Waals surface area (Å²) in [5, 5.41) is 3.00. The van der Waals surface area contributed by atoms with Crippen molar-refractivity contribution in [1.82, 2.24) is 10.2 Å². The largest absolute Gasteiger partial charge is 0.354 e. The van der Waals surface area contributed by atoms with E-state index in [-0.39, 0.29) is 18.4 Å². The number of rotatable bonds is 8. The molecule has 1 aliphatic rings. The second kappa shape index (κ2) is 9.78. The molecule has 2 amide bonds. The topological polar surface area (TPSA) is 49.4 Å². The standard InChI is InChI=1S/C16H30N2O2/c1-3-5-9-14(4-2)12-17-15(19)13-18-11-8-6-7-10-16(18)20/h14H,3-13H2,1-2H3,(H,17,19). The molecule has 4 nitrogen and oxygen atoms in total. The minimum absolute atomic E-state index is 0.00445. The molecule has 0 aromatic rings. The Morgan fingerprint density at radius 1 is 1.30 bits per heavy atom. The lowest BCUT2D eigenvalue weighted by molar-refractivity contribution is -0.135. The van der Waals surface area contributed by atoms with E-state index in [0.29, 0.717) is 12.3 Å². The number of nitrogens with one attached hydrogen (secondary N) is 1. The van der Waals surface area contributed by atoms with Crippen LogP contribution in [0.1, 0.15) is 65.2 Å². The third kappa shape index (κ3) is 6.40. The zero-order valence-corrected chi connectivity index (χ0v) is 13.1. The molecule has 1 heterocycles. The van der Waals surface area contributed by atoms with Crippen molar-refractivity contribution in [2.75, 3.05) is 19.6 Å². The molecule has 0 radical (unpaired) electrons. The van der Waals surface area contributed by atoms with Crippen LogP contribution in [0.5, 0.6) is 0 Å². The summed E-state index contributed by atoms with van der Waals surface area (Å²) in [6, 6.07) is 0. The van der Waals surface area contributed by atoms with E-state index in [0.717, 1.165) is 38.8 Å². The Morgan fingerprint density at radius 3 is 2.80 bits per heavy atom. The molecule has 1 rings (SSSR count). The van der Waals surface area contributed by atoms with Crippen LogP contribution in [0.25, 0.3) is 0 Å². The van der Waals surface area contributed by atoms with E-state index in [2.05, 4.69) is 19.2 Å². The van der Waals surface area contributed by atoms with Gasteiger partial charge in [0, 0.05) is 19.5 Å². The molecule has 0 bridgehead atoms. The monoisotopic (exact) mass is 282 g/mol. The Morgan fingerprint density at radius 2 is 2.10 bits per heavy atom. The molecule has 4 heteroatoms. The number of hydrogen-bond donors (Lipinski definition) is 1. The van der Waals surface area contributed by atoms with Gasteiger partial charge in [0.2, 0.25) is 11.8 Å². The SMILES string of the molecule is CCCCC(CC)CNC(=O)CN1CCCCCC1=O. The highest BCUT2D eigenvalue weighted by Gasteiger charge is 2.19. The molecule has 1 N–H and O–H groups in total. The molecular weight excluding hydrogens is 252 g/mol. The molecule has 1 aliphatic heterocycles. The van der Waals surface area contributed by atoms with Crippen LogP contribution in [0.2, 0.25) is 0 Å². The smallest absolute Gasteiger partial charge is 0.239 e. The Kier molecular flexibility index (Phi) is 8.31. The number of hydrogen-bond acceptors (Lipinski definition) is 2. The zero-order valence-electron chi connectivity index (χ0n) is 13.1. The van der Waals surface area contributed by atoms with Gasteiger partial charge in [0.1, 0.15) is 0 Å². The Hall–Kier alpha value is -1.06. The Bertz CT molecular complexity index is 305. The van der Waals surface area contributed by atoms with Crippen molar-refractivity contribution in [3.63, 3.8) is 0 Å². The third-order valence-electron chi connectivity index (χ3n) is 4.14. The summed E-state index contributed by atoms with van der Waals surface area (Å²) in [4.78, 5) is 25.5. The van der Waals surface area contributed by atoms with E-state index in [1.165, 1.54) is 19.3 Å². The maximum absolute atomic E-state index is 12.0. The second-order valence-corrected chi connectivity index (χ2v) is 5.85. The van der Waals surface area contributed by atoms with Crippen LogP contribution in [0.3, 0.4) is 0 Å². The van der Waals surface area contributed by atoms with Gasteiger partial charge in [-0.3, -0.25) is 9.59 Å². The van der Waals surface area contributed by atoms with Crippen LogP contribution in [0.4, 0.5) is 0 Å². The molecule has 1 atom stereocenters. The van der Waals surface area contributed by atoms with E-state index in [9.17, 15) is 9.59 Å². The number of carbonyl (C=O) groups is 2. The third-order valence-corrected chi connectivity index (χ3v) is 4.14. The summed E-state index contributed by atoms with van der Waals surface area (Å²) in [6.45, 7) is 6.08. The van der Waals surface area contributed by atoms with Crippen molar-refractivity contribution < 1.29 is 9.59 Å². The first kappa shape index (κ1) is 17.0. The van der Waals surface area contributed by atoms with E-state index in [1.807, 2.05) is 0 Å². The Labute approximate surface area is 123 Å². The van der Waals surface area contributed by atoms with Crippen LogP contribution in [0.15, 0.2) is 0 Å². The highest BCUT2D eigenvalue weighted by atomic mass is 16.2. The van der Waals surface area contributed by atoms with Gasteiger partial charge >= 0.3 is 0 Å². The zero-order chi connectivity index (χ0) is 14.8. The van der Waals surface area contributed by atoms with E-state index in [4.69, 9.17) is 0 Å². The van der Waals surface area contributed by atoms with E-state index >= 15 is 0 Å². The molecule has 1 unspecified atom stereocenters. The number of carbonyl (C=O) groups excluding carboxylic acids is 2. The van der Waals surface area contributed by atoms with Crippen molar-refractivity contribution >= 4 is 11.8 Å². The summed E-state index contributed by atoms with van der Waals surface area (Å²) in [5.41, 5.74) is 0. The first-order chi connectivity index (χ1) is 9.67. The van der Waals surface area contributed by atoms with Gasteiger partial charge in [-0.15, -0.1) is 0 Å². The molecule has 0 aliphatic carbocycles. The predicted molar refractivity (Wildman–Crippen MR) is 81.4 cm³/mol. The van der Waals surface area contributed by atoms with Crippen LogP contribution in [0, 0.1) is 5.92 Å². The van der Waals surface area contributed by atoms with E-state index < -0.39 is 0 Å². The van der Waals surface area contributed by atoms with Crippen LogP contribution in [-0.4, -0.2) is 36.3 Å². The van der Waals surface area contributed by atoms with Gasteiger partial charge < -0.3 is 10.2 Å². The van der Waals surface area contributed by atoms with Crippen LogP contribution in [-0.2, 0) is 9.59 Å². The minimum atomic E-state index is -0.00445. The summed E-state index contributed by atoms with van der Waals surface area (Å²) < 4.78 is 0. The van der Waals surface area contributed by atoms with Crippen LogP contribution >= 0.6 is 0 Å². The summed E-state index contributed by atoms with van der Waals surface area (Å²) >= 11 is 0. The maximum Gasteiger partial charge on any atom is 0.239 e. The second-order valence-electron chi connectivity index (χ2n) is 5.85. The molecule has 116 valence electrons. The first-order valence-electron chi connectivity index (χ1n) is 8.21. The molecule has 1 fully saturated rings. The first-order valence-corrected chi connectivity index (χ1v) is 8.21. The molecular formula is C16H30N2O2. The molecule has 0 spiro atoms. The molecule has 1 saturated heterocycles. The van der Waals surface area contributed by atoms with Gasteiger partial charge in [-0.2, -0.15) is 0 Å². The number of unbranched alkanes of at least 4 members (excludes halogenated alkanes) is 1. The van der Waals surface area contributed by atoms with Crippen molar-refractivity contribution in [3.8, 4) is 0 Å². The number of likely N-dealkylation sites (tertiary alicyclic amines) is 1. The van der Waals surface area contributed by atoms with Crippen molar-refractivity contribution in [1.29, 1.82) is 0 Å². The summed E-state index contributed by atoms with van der Waals surface area (Å²) in [7, 11) is 0. The summed E-state index contributed by atoms with van der Waals surface area (Å²) in [6.07, 6.45) is 8.38. The average molecular weight is 282 g/mol.